The zero-order valence-electron chi connectivity index (χ0n) is 18.3. The number of carbonyl (C=O) groups excluding carboxylic acids is 1. The molecule has 0 bridgehead atoms. The number of anilines is 3. The van der Waals surface area contributed by atoms with Gasteiger partial charge >= 0.3 is 0 Å². The van der Waals surface area contributed by atoms with Gasteiger partial charge in [-0.25, -0.2) is 8.42 Å². The molecule has 0 aliphatic heterocycles. The number of benzene rings is 3. The molecule has 0 aliphatic rings. The molecule has 0 radical (unpaired) electrons. The number of amides is 1. The molecule has 0 unspecified atom stereocenters. The molecule has 0 atom stereocenters. The Morgan fingerprint density at radius 3 is 2.34 bits per heavy atom. The maximum absolute atomic E-state index is 12.8. The molecule has 0 saturated carbocycles. The van der Waals surface area contributed by atoms with Crippen molar-refractivity contribution in [2.45, 2.75) is 18.7 Å². The molecule has 0 spiro atoms. The lowest BCUT2D eigenvalue weighted by atomic mass is 10.2. The van der Waals surface area contributed by atoms with E-state index in [1.807, 2.05) is 39.1 Å². The second kappa shape index (κ2) is 10.2. The first-order valence-corrected chi connectivity index (χ1v) is 11.8. The third kappa shape index (κ3) is 5.79. The Morgan fingerprint density at radius 1 is 0.938 bits per heavy atom. The molecule has 8 heteroatoms. The van der Waals surface area contributed by atoms with Crippen molar-refractivity contribution in [3.63, 3.8) is 0 Å². The van der Waals surface area contributed by atoms with Gasteiger partial charge in [-0.2, -0.15) is 0 Å². The van der Waals surface area contributed by atoms with Crippen LogP contribution in [-0.2, 0) is 10.0 Å². The van der Waals surface area contributed by atoms with Gasteiger partial charge in [0.05, 0.1) is 11.5 Å². The Hall–Kier alpha value is -3.52. The van der Waals surface area contributed by atoms with E-state index < -0.39 is 10.0 Å². The topological polar surface area (TPSA) is 87.7 Å². The van der Waals surface area contributed by atoms with E-state index in [2.05, 4.69) is 14.9 Å². The Bertz CT molecular complexity index is 1180. The molecule has 2 N–H and O–H groups in total. The van der Waals surface area contributed by atoms with Crippen molar-refractivity contribution < 1.29 is 17.9 Å². The summed E-state index contributed by atoms with van der Waals surface area (Å²) in [4.78, 5) is 14.8. The zero-order chi connectivity index (χ0) is 23.1. The minimum absolute atomic E-state index is 0.00139. The number of hydrogen-bond donors (Lipinski definition) is 2. The van der Waals surface area contributed by atoms with Crippen molar-refractivity contribution in [2.75, 3.05) is 35.1 Å². The van der Waals surface area contributed by atoms with Crippen molar-refractivity contribution in [2.24, 2.45) is 0 Å². The summed E-state index contributed by atoms with van der Waals surface area (Å²) in [6.07, 6.45) is 0. The first kappa shape index (κ1) is 23.1. The van der Waals surface area contributed by atoms with Gasteiger partial charge in [0.1, 0.15) is 5.75 Å². The van der Waals surface area contributed by atoms with Crippen LogP contribution in [0.25, 0.3) is 0 Å². The smallest absolute Gasteiger partial charge is 0.261 e. The second-order valence-corrected chi connectivity index (χ2v) is 8.79. The fraction of sp³-hybridized carbons (Fsp3) is 0.208. The number of hydrogen-bond acceptors (Lipinski definition) is 5. The summed E-state index contributed by atoms with van der Waals surface area (Å²) in [5.41, 5.74) is 2.25. The lowest BCUT2D eigenvalue weighted by Crippen LogP contribution is -2.17. The highest BCUT2D eigenvalue weighted by Gasteiger charge is 2.17. The highest BCUT2D eigenvalue weighted by molar-refractivity contribution is 7.92. The maximum Gasteiger partial charge on any atom is 0.261 e. The number of rotatable bonds is 9. The highest BCUT2D eigenvalue weighted by Crippen LogP contribution is 2.22. The molecule has 32 heavy (non-hydrogen) atoms. The van der Waals surface area contributed by atoms with E-state index in [1.54, 1.807) is 42.5 Å². The summed E-state index contributed by atoms with van der Waals surface area (Å²) < 4.78 is 33.5. The van der Waals surface area contributed by atoms with Crippen molar-refractivity contribution in [1.82, 2.24) is 0 Å². The van der Waals surface area contributed by atoms with Gasteiger partial charge in [0.2, 0.25) is 0 Å². The van der Waals surface area contributed by atoms with E-state index in [1.165, 1.54) is 12.1 Å². The molecular weight excluding hydrogens is 426 g/mol. The van der Waals surface area contributed by atoms with E-state index in [9.17, 15) is 13.2 Å². The van der Waals surface area contributed by atoms with Crippen LogP contribution in [0.2, 0.25) is 0 Å². The normalized spacial score (nSPS) is 11.0. The molecular formula is C24H27N3O4S. The van der Waals surface area contributed by atoms with E-state index in [-0.39, 0.29) is 16.4 Å². The van der Waals surface area contributed by atoms with Gasteiger partial charge in [-0.1, -0.05) is 12.1 Å². The van der Waals surface area contributed by atoms with Crippen LogP contribution in [0, 0.1) is 0 Å². The van der Waals surface area contributed by atoms with Crippen molar-refractivity contribution in [3.05, 3.63) is 78.4 Å². The first-order chi connectivity index (χ1) is 15.3. The molecule has 3 rings (SSSR count). The van der Waals surface area contributed by atoms with E-state index >= 15 is 0 Å². The van der Waals surface area contributed by atoms with Crippen molar-refractivity contribution >= 4 is 33.0 Å². The standard InChI is InChI=1S/C24H27N3O4S/c1-4-27(3)21-10-7-9-20(17-21)25-24(28)18-8-6-11-23(16-18)32(29,30)26-19-12-14-22(15-13-19)31-5-2/h6-17,26H,4-5H2,1-3H3,(H,25,28). The van der Waals surface area contributed by atoms with Gasteiger partial charge in [-0.3, -0.25) is 9.52 Å². The SMILES string of the molecule is CCOc1ccc(NS(=O)(=O)c2cccc(C(=O)Nc3cccc(N(C)CC)c3)c2)cc1. The van der Waals surface area contributed by atoms with Crippen LogP contribution in [0.4, 0.5) is 17.1 Å². The molecule has 0 fully saturated rings. The van der Waals surface area contributed by atoms with Gasteiger partial charge in [-0.05, 0) is 74.5 Å². The van der Waals surface area contributed by atoms with Crippen LogP contribution < -0.4 is 19.7 Å². The second-order valence-electron chi connectivity index (χ2n) is 7.11. The average molecular weight is 454 g/mol. The number of nitrogens with one attached hydrogen (secondary N) is 2. The number of ether oxygens (including phenoxy) is 1. The van der Waals surface area contributed by atoms with Crippen LogP contribution in [0.5, 0.6) is 5.75 Å². The Labute approximate surface area is 189 Å². The lowest BCUT2D eigenvalue weighted by molar-refractivity contribution is 0.102. The third-order valence-electron chi connectivity index (χ3n) is 4.84. The predicted octanol–water partition coefficient (Wildman–Crippen LogP) is 4.59. The van der Waals surface area contributed by atoms with Gasteiger partial charge in [0.25, 0.3) is 15.9 Å². The lowest BCUT2D eigenvalue weighted by Gasteiger charge is -2.17. The van der Waals surface area contributed by atoms with Gasteiger partial charge < -0.3 is 15.0 Å². The molecule has 0 heterocycles. The van der Waals surface area contributed by atoms with E-state index in [4.69, 9.17) is 4.74 Å². The zero-order valence-corrected chi connectivity index (χ0v) is 19.1. The highest BCUT2D eigenvalue weighted by atomic mass is 32.2. The molecule has 1 amide bonds. The van der Waals surface area contributed by atoms with Crippen LogP contribution in [-0.4, -0.2) is 34.5 Å². The summed E-state index contributed by atoms with van der Waals surface area (Å²) in [7, 11) is -1.90. The number of carbonyl (C=O) groups is 1. The van der Waals surface area contributed by atoms with Crippen LogP contribution in [0.15, 0.2) is 77.7 Å². The average Bonchev–Trinajstić information content (AvgIpc) is 2.80. The summed E-state index contributed by atoms with van der Waals surface area (Å²) >= 11 is 0. The molecule has 3 aromatic rings. The van der Waals surface area contributed by atoms with E-state index in [0.717, 1.165) is 12.2 Å². The van der Waals surface area contributed by atoms with E-state index in [0.29, 0.717) is 23.7 Å². The molecule has 3 aromatic carbocycles. The third-order valence-corrected chi connectivity index (χ3v) is 6.22. The number of sulfonamides is 1. The minimum atomic E-state index is -3.87. The van der Waals surface area contributed by atoms with Crippen molar-refractivity contribution in [3.8, 4) is 5.75 Å². The van der Waals surface area contributed by atoms with Gasteiger partial charge in [-0.15, -0.1) is 0 Å². The first-order valence-electron chi connectivity index (χ1n) is 10.3. The quantitative estimate of drug-likeness (QED) is 0.495. The van der Waals surface area contributed by atoms with Crippen LogP contribution >= 0.6 is 0 Å². The molecule has 0 aromatic heterocycles. The number of nitrogens with zero attached hydrogens (tertiary/aromatic N) is 1. The summed E-state index contributed by atoms with van der Waals surface area (Å²) in [6.45, 7) is 5.27. The fourth-order valence-corrected chi connectivity index (χ4v) is 4.12. The Balaban J connectivity index is 1.76. The van der Waals surface area contributed by atoms with Gasteiger partial charge in [0.15, 0.2) is 0 Å². The molecule has 0 aliphatic carbocycles. The Kier molecular flexibility index (Phi) is 7.37. The maximum atomic E-state index is 12.8. The van der Waals surface area contributed by atoms with Gasteiger partial charge in [0, 0.05) is 36.2 Å². The van der Waals surface area contributed by atoms with Crippen LogP contribution in [0.3, 0.4) is 0 Å². The fourth-order valence-electron chi connectivity index (χ4n) is 3.01. The van der Waals surface area contributed by atoms with Crippen molar-refractivity contribution in [1.29, 1.82) is 0 Å². The molecule has 0 saturated heterocycles. The largest absolute Gasteiger partial charge is 0.494 e. The predicted molar refractivity (Wildman–Crippen MR) is 128 cm³/mol. The Morgan fingerprint density at radius 2 is 1.66 bits per heavy atom. The molecule has 7 nitrogen and oxygen atoms in total. The monoisotopic (exact) mass is 453 g/mol. The summed E-state index contributed by atoms with van der Waals surface area (Å²) in [5.74, 6) is 0.266. The summed E-state index contributed by atoms with van der Waals surface area (Å²) in [6, 6.07) is 20.0. The van der Waals surface area contributed by atoms with Crippen LogP contribution in [0.1, 0.15) is 24.2 Å². The minimum Gasteiger partial charge on any atom is -0.494 e. The summed E-state index contributed by atoms with van der Waals surface area (Å²) in [5, 5.41) is 2.83. The molecule has 168 valence electrons.